The molecular weight excluding hydrogens is 310 g/mol. The fraction of sp³-hybridized carbons (Fsp3) is 0.312. The number of imidazole rings is 1. The lowest BCUT2D eigenvalue weighted by atomic mass is 10.2. The van der Waals surface area contributed by atoms with E-state index >= 15 is 0 Å². The molecule has 0 fully saturated rings. The molecule has 2 N–H and O–H groups in total. The van der Waals surface area contributed by atoms with Gasteiger partial charge in [-0.15, -0.1) is 0 Å². The van der Waals surface area contributed by atoms with Crippen LogP contribution in [0.15, 0.2) is 35.7 Å². The minimum atomic E-state index is -0.0601. The summed E-state index contributed by atoms with van der Waals surface area (Å²) in [5.41, 5.74) is 4.09. The second-order valence-electron chi connectivity index (χ2n) is 5.59. The van der Waals surface area contributed by atoms with Crippen molar-refractivity contribution in [3.63, 3.8) is 0 Å². The Morgan fingerprint density at radius 2 is 2.30 bits per heavy atom. The summed E-state index contributed by atoms with van der Waals surface area (Å²) in [6.07, 6.45) is 3.67. The number of H-pyrrole nitrogens is 1. The fourth-order valence-electron chi connectivity index (χ4n) is 2.33. The first kappa shape index (κ1) is 15.6. The lowest BCUT2D eigenvalue weighted by Crippen LogP contribution is -2.28. The van der Waals surface area contributed by atoms with E-state index in [1.807, 2.05) is 39.2 Å². The Labute approximate surface area is 138 Å². The second kappa shape index (κ2) is 6.45. The fourth-order valence-corrected chi connectivity index (χ4v) is 3.03. The van der Waals surface area contributed by atoms with Crippen LogP contribution in [0.2, 0.25) is 0 Å². The summed E-state index contributed by atoms with van der Waals surface area (Å²) in [5.74, 6) is 0.298. The highest BCUT2D eigenvalue weighted by Gasteiger charge is 2.12. The highest BCUT2D eigenvalue weighted by molar-refractivity contribution is 7.99. The molecule has 2 aromatic heterocycles. The van der Waals surface area contributed by atoms with Gasteiger partial charge in [0, 0.05) is 18.8 Å². The minimum absolute atomic E-state index is 0.0250. The zero-order chi connectivity index (χ0) is 16.4. The number of benzene rings is 1. The van der Waals surface area contributed by atoms with Gasteiger partial charge in [0.05, 0.1) is 29.0 Å². The highest BCUT2D eigenvalue weighted by Crippen LogP contribution is 2.20. The third-order valence-electron chi connectivity index (χ3n) is 3.56. The van der Waals surface area contributed by atoms with Crippen molar-refractivity contribution in [3.05, 3.63) is 41.7 Å². The molecule has 0 saturated heterocycles. The molecule has 0 bridgehead atoms. The molecule has 0 aliphatic heterocycles. The molecule has 0 aliphatic rings. The lowest BCUT2D eigenvalue weighted by Gasteiger charge is -2.11. The molecule has 1 aromatic carbocycles. The zero-order valence-corrected chi connectivity index (χ0v) is 14.1. The molecular formula is C16H19N5OS. The summed E-state index contributed by atoms with van der Waals surface area (Å²) in [4.78, 5) is 19.8. The Morgan fingerprint density at radius 1 is 1.48 bits per heavy atom. The van der Waals surface area contributed by atoms with E-state index in [0.717, 1.165) is 21.8 Å². The molecule has 120 valence electrons. The van der Waals surface area contributed by atoms with Gasteiger partial charge in [-0.25, -0.2) is 4.98 Å². The van der Waals surface area contributed by atoms with Crippen LogP contribution < -0.4 is 5.32 Å². The Morgan fingerprint density at radius 3 is 3.04 bits per heavy atom. The number of carbonyl (C=O) groups excluding carboxylic acids is 1. The van der Waals surface area contributed by atoms with Crippen LogP contribution >= 0.6 is 11.8 Å². The van der Waals surface area contributed by atoms with Gasteiger partial charge in [-0.3, -0.25) is 9.48 Å². The summed E-state index contributed by atoms with van der Waals surface area (Å²) >= 11 is 1.40. The molecule has 0 radical (unpaired) electrons. The van der Waals surface area contributed by atoms with Crippen LogP contribution in [0.25, 0.3) is 11.0 Å². The first-order chi connectivity index (χ1) is 11.0. The first-order valence-electron chi connectivity index (χ1n) is 7.38. The summed E-state index contributed by atoms with van der Waals surface area (Å²) in [7, 11) is 1.86. The van der Waals surface area contributed by atoms with Gasteiger partial charge in [0.2, 0.25) is 5.91 Å². The van der Waals surface area contributed by atoms with Crippen molar-refractivity contribution in [2.75, 3.05) is 5.75 Å². The quantitative estimate of drug-likeness (QED) is 0.706. The number of nitrogens with one attached hydrogen (secondary N) is 2. The van der Waals surface area contributed by atoms with Crippen LogP contribution in [0.1, 0.15) is 24.1 Å². The van der Waals surface area contributed by atoms with Crippen LogP contribution in [-0.2, 0) is 11.8 Å². The Kier molecular flexibility index (Phi) is 4.38. The van der Waals surface area contributed by atoms with Crippen molar-refractivity contribution in [1.29, 1.82) is 0 Å². The average Bonchev–Trinajstić information content (AvgIpc) is 3.10. The van der Waals surface area contributed by atoms with Gasteiger partial charge < -0.3 is 10.3 Å². The van der Waals surface area contributed by atoms with Crippen LogP contribution in [0.3, 0.4) is 0 Å². The van der Waals surface area contributed by atoms with E-state index in [2.05, 4.69) is 26.4 Å². The van der Waals surface area contributed by atoms with E-state index in [-0.39, 0.29) is 11.9 Å². The Balaban J connectivity index is 1.57. The third-order valence-corrected chi connectivity index (χ3v) is 4.43. The maximum Gasteiger partial charge on any atom is 0.230 e. The maximum absolute atomic E-state index is 12.1. The van der Waals surface area contributed by atoms with Crippen molar-refractivity contribution in [2.24, 2.45) is 7.05 Å². The normalized spacial score (nSPS) is 12.5. The predicted molar refractivity (Wildman–Crippen MR) is 91.3 cm³/mol. The van der Waals surface area contributed by atoms with Crippen molar-refractivity contribution >= 4 is 28.7 Å². The van der Waals surface area contributed by atoms with Gasteiger partial charge >= 0.3 is 0 Å². The summed E-state index contributed by atoms with van der Waals surface area (Å²) in [5, 5.41) is 7.84. The second-order valence-corrected chi connectivity index (χ2v) is 6.55. The minimum Gasteiger partial charge on any atom is -0.349 e. The molecule has 1 atom stereocenters. The first-order valence-corrected chi connectivity index (χ1v) is 8.37. The largest absolute Gasteiger partial charge is 0.349 e. The number of thioether (sulfide) groups is 1. The van der Waals surface area contributed by atoms with E-state index in [9.17, 15) is 4.79 Å². The number of aromatic nitrogens is 4. The summed E-state index contributed by atoms with van der Waals surface area (Å²) in [6, 6.07) is 6.00. The van der Waals surface area contributed by atoms with E-state index in [4.69, 9.17) is 0 Å². The number of fused-ring (bicyclic) bond motifs is 1. The topological polar surface area (TPSA) is 75.6 Å². The van der Waals surface area contributed by atoms with Crippen LogP contribution in [0.4, 0.5) is 0 Å². The molecule has 2 heterocycles. The van der Waals surface area contributed by atoms with Gasteiger partial charge in [0.15, 0.2) is 5.16 Å². The van der Waals surface area contributed by atoms with Crippen molar-refractivity contribution in [2.45, 2.75) is 25.0 Å². The number of hydrogen-bond acceptors (Lipinski definition) is 4. The predicted octanol–water partition coefficient (Wildman–Crippen LogP) is 2.57. The Hall–Kier alpha value is -2.28. The van der Waals surface area contributed by atoms with Gasteiger partial charge in [0.25, 0.3) is 0 Å². The van der Waals surface area contributed by atoms with Crippen molar-refractivity contribution in [1.82, 2.24) is 25.1 Å². The third kappa shape index (κ3) is 3.73. The smallest absolute Gasteiger partial charge is 0.230 e. The zero-order valence-electron chi connectivity index (χ0n) is 13.3. The monoisotopic (exact) mass is 329 g/mol. The van der Waals surface area contributed by atoms with E-state index in [1.165, 1.54) is 17.3 Å². The van der Waals surface area contributed by atoms with Gasteiger partial charge in [-0.1, -0.05) is 17.8 Å². The number of hydrogen-bond donors (Lipinski definition) is 2. The summed E-state index contributed by atoms with van der Waals surface area (Å²) < 4.78 is 1.73. The van der Waals surface area contributed by atoms with E-state index < -0.39 is 0 Å². The number of amides is 1. The lowest BCUT2D eigenvalue weighted by molar-refractivity contribution is -0.119. The van der Waals surface area contributed by atoms with Crippen LogP contribution in [0, 0.1) is 6.92 Å². The van der Waals surface area contributed by atoms with Crippen LogP contribution in [0.5, 0.6) is 0 Å². The number of nitrogens with zero attached hydrogens (tertiary/aromatic N) is 3. The van der Waals surface area contributed by atoms with E-state index in [0.29, 0.717) is 5.75 Å². The highest BCUT2D eigenvalue weighted by atomic mass is 32.2. The van der Waals surface area contributed by atoms with Crippen molar-refractivity contribution < 1.29 is 4.79 Å². The molecule has 0 saturated carbocycles. The number of aromatic amines is 1. The molecule has 3 aromatic rings. The van der Waals surface area contributed by atoms with E-state index in [1.54, 1.807) is 10.9 Å². The maximum atomic E-state index is 12.1. The molecule has 0 spiro atoms. The van der Waals surface area contributed by atoms with Crippen molar-refractivity contribution in [3.8, 4) is 0 Å². The van der Waals surface area contributed by atoms with Gasteiger partial charge in [-0.2, -0.15) is 5.10 Å². The van der Waals surface area contributed by atoms with Crippen LogP contribution in [-0.4, -0.2) is 31.4 Å². The standard InChI is InChI=1S/C16H19N5OS/c1-10-4-5-13-14(6-10)20-16(19-13)23-9-15(22)18-11(2)12-7-17-21(3)8-12/h4-8,11H,9H2,1-3H3,(H,18,22)(H,19,20)/t11-/m0/s1. The SMILES string of the molecule is Cc1ccc2nc(SCC(=O)N[C@@H](C)c3cnn(C)c3)[nH]c2c1. The van der Waals surface area contributed by atoms with Gasteiger partial charge in [0.1, 0.15) is 0 Å². The molecule has 6 nitrogen and oxygen atoms in total. The molecule has 3 rings (SSSR count). The number of rotatable bonds is 5. The molecule has 0 unspecified atom stereocenters. The summed E-state index contributed by atoms with van der Waals surface area (Å²) in [6.45, 7) is 3.99. The Bertz CT molecular complexity index is 838. The average molecular weight is 329 g/mol. The number of aryl methyl sites for hydroxylation is 2. The molecule has 1 amide bonds. The number of carbonyl (C=O) groups is 1. The molecule has 23 heavy (non-hydrogen) atoms. The molecule has 7 heteroatoms. The van der Waals surface area contributed by atoms with Gasteiger partial charge in [-0.05, 0) is 31.5 Å². The molecule has 0 aliphatic carbocycles.